The molecular weight excluding hydrogens is 739 g/mol. The minimum Gasteiger partial charge on any atom is -0.386 e. The fraction of sp³-hybridized carbons (Fsp3) is 0.700. The van der Waals surface area contributed by atoms with Gasteiger partial charge in [0, 0.05) is 6.61 Å². The zero-order valence-electron chi connectivity index (χ0n) is 33.2. The third-order valence-electron chi connectivity index (χ3n) is 10.4. The first-order valence-electron chi connectivity index (χ1n) is 20.3. The lowest BCUT2D eigenvalue weighted by Gasteiger charge is -2.32. The predicted octanol–water partition coefficient (Wildman–Crippen LogP) is 6.91. The molecule has 15 nitrogen and oxygen atoms in total. The maximum Gasteiger partial charge on any atom is 0.472 e. The number of pyridine rings is 1. The van der Waals surface area contributed by atoms with Gasteiger partial charge in [-0.3, -0.25) is 9.05 Å². The van der Waals surface area contributed by atoms with Gasteiger partial charge in [-0.2, -0.15) is 10.4 Å². The number of phosphoric acid groups is 1. The summed E-state index contributed by atoms with van der Waals surface area (Å²) in [5, 5.41) is 36.1. The molecule has 1 aliphatic rings. The molecule has 0 bridgehead atoms. The Hall–Kier alpha value is -3.03. The highest BCUT2D eigenvalue weighted by atomic mass is 31.2. The van der Waals surface area contributed by atoms with Crippen LogP contribution in [0.4, 0.5) is 5.82 Å². The van der Waals surface area contributed by atoms with Crippen LogP contribution in [-0.4, -0.2) is 85.5 Å². The molecule has 0 amide bonds. The van der Waals surface area contributed by atoms with Crippen LogP contribution in [0.25, 0.3) is 5.52 Å². The van der Waals surface area contributed by atoms with Gasteiger partial charge in [-0.15, -0.1) is 0 Å². The number of anilines is 1. The summed E-state index contributed by atoms with van der Waals surface area (Å²) in [7, 11) is -4.71. The molecule has 5 N–H and O–H groups in total. The van der Waals surface area contributed by atoms with E-state index in [1.807, 2.05) is 6.07 Å². The summed E-state index contributed by atoms with van der Waals surface area (Å²) < 4.78 is 42.6. The minimum atomic E-state index is -4.71. The van der Waals surface area contributed by atoms with Crippen molar-refractivity contribution in [3.63, 3.8) is 0 Å². The van der Waals surface area contributed by atoms with Crippen LogP contribution in [0.1, 0.15) is 134 Å². The number of aliphatic hydroxyl groups is 2. The largest absolute Gasteiger partial charge is 0.472 e. The smallest absolute Gasteiger partial charge is 0.386 e. The monoisotopic (exact) mass is 802 g/mol. The van der Waals surface area contributed by atoms with Crippen molar-refractivity contribution in [1.82, 2.24) is 19.6 Å². The van der Waals surface area contributed by atoms with E-state index in [-0.39, 0.29) is 43.6 Å². The van der Waals surface area contributed by atoms with E-state index >= 15 is 0 Å². The van der Waals surface area contributed by atoms with E-state index in [0.717, 1.165) is 19.3 Å². The number of aliphatic hydroxyl groups excluding tert-OH is 1. The number of nitriles is 1. The maximum absolute atomic E-state index is 13.1. The van der Waals surface area contributed by atoms with Gasteiger partial charge in [-0.05, 0) is 37.6 Å². The second-order valence-corrected chi connectivity index (χ2v) is 16.5. The van der Waals surface area contributed by atoms with E-state index in [1.165, 1.54) is 101 Å². The number of ether oxygens (including phenoxy) is 3. The summed E-state index contributed by atoms with van der Waals surface area (Å²) in [4.78, 5) is 18.8. The molecule has 3 aromatic rings. The van der Waals surface area contributed by atoms with Crippen molar-refractivity contribution in [1.29, 1.82) is 5.26 Å². The summed E-state index contributed by atoms with van der Waals surface area (Å²) in [5.74, 6) is 0.188. The van der Waals surface area contributed by atoms with Crippen molar-refractivity contribution in [2.75, 3.05) is 38.8 Å². The van der Waals surface area contributed by atoms with Crippen LogP contribution in [0.3, 0.4) is 0 Å². The van der Waals surface area contributed by atoms with Gasteiger partial charge in [0.2, 0.25) is 0 Å². The van der Waals surface area contributed by atoms with Crippen molar-refractivity contribution in [2.24, 2.45) is 0 Å². The number of aromatic nitrogens is 4. The normalized spacial score (nSPS) is 21.3. The molecule has 16 heteroatoms. The van der Waals surface area contributed by atoms with Crippen LogP contribution >= 0.6 is 7.82 Å². The van der Waals surface area contributed by atoms with Crippen LogP contribution in [0.2, 0.25) is 0 Å². The van der Waals surface area contributed by atoms with Crippen LogP contribution in [0, 0.1) is 11.3 Å². The molecule has 1 aliphatic heterocycles. The number of phosphoric ester groups is 1. The van der Waals surface area contributed by atoms with Gasteiger partial charge in [-0.25, -0.2) is 19.0 Å². The number of nitrogens with two attached hydrogens (primary N) is 1. The van der Waals surface area contributed by atoms with Gasteiger partial charge in [0.1, 0.15) is 41.4 Å². The van der Waals surface area contributed by atoms with Gasteiger partial charge < -0.3 is 35.1 Å². The van der Waals surface area contributed by atoms with Crippen LogP contribution in [0.15, 0.2) is 36.7 Å². The summed E-state index contributed by atoms with van der Waals surface area (Å²) in [6.45, 7) is 3.02. The van der Waals surface area contributed by atoms with Crippen LogP contribution in [-0.2, 0) is 40.0 Å². The highest BCUT2D eigenvalue weighted by Gasteiger charge is 2.58. The molecular formula is C40H63N6O9P. The van der Waals surface area contributed by atoms with E-state index < -0.39 is 37.8 Å². The zero-order valence-corrected chi connectivity index (χ0v) is 34.1. The lowest BCUT2D eigenvalue weighted by atomic mass is 9.86. The Bertz CT molecular complexity index is 1690. The van der Waals surface area contributed by atoms with Gasteiger partial charge in [0.05, 0.1) is 44.4 Å². The third-order valence-corrected chi connectivity index (χ3v) is 11.3. The quantitative estimate of drug-likeness (QED) is 0.0414. The van der Waals surface area contributed by atoms with Crippen molar-refractivity contribution < 1.29 is 42.9 Å². The molecule has 2 unspecified atom stereocenters. The van der Waals surface area contributed by atoms with Crippen LogP contribution in [0.5, 0.6) is 0 Å². The first-order valence-corrected chi connectivity index (χ1v) is 21.8. The van der Waals surface area contributed by atoms with E-state index in [2.05, 4.69) is 22.0 Å². The SMILES string of the molecule is CCCCCCCCCCCCCCCCCCOC[C@H](COP(=O)(O)OC[C@@]1(C)OCC(O)(c2ccc3c(N)ncnn23)[C@@H]1O)OCc1cccc(C#N)n1. The Kier molecular flexibility index (Phi) is 19.1. The first-order chi connectivity index (χ1) is 27.0. The number of hydrogen-bond donors (Lipinski definition) is 4. The van der Waals surface area contributed by atoms with E-state index in [9.17, 15) is 24.9 Å². The average molecular weight is 803 g/mol. The zero-order chi connectivity index (χ0) is 40.3. The van der Waals surface area contributed by atoms with Crippen molar-refractivity contribution in [3.8, 4) is 6.07 Å². The van der Waals surface area contributed by atoms with Gasteiger partial charge in [-0.1, -0.05) is 109 Å². The van der Waals surface area contributed by atoms with Crippen molar-refractivity contribution >= 4 is 19.2 Å². The molecule has 0 radical (unpaired) electrons. The summed E-state index contributed by atoms with van der Waals surface area (Å²) in [6.07, 6.45) is 19.3. The van der Waals surface area contributed by atoms with E-state index in [4.69, 9.17) is 29.0 Å². The number of nitrogen functional groups attached to an aromatic ring is 1. The molecule has 1 fully saturated rings. The molecule has 312 valence electrons. The third kappa shape index (κ3) is 14.1. The Labute approximate surface area is 331 Å². The van der Waals surface area contributed by atoms with Crippen LogP contribution < -0.4 is 5.73 Å². The molecule has 4 heterocycles. The van der Waals surface area contributed by atoms with E-state index in [0.29, 0.717) is 17.8 Å². The average Bonchev–Trinajstić information content (AvgIpc) is 3.74. The topological polar surface area (TPSA) is 217 Å². The molecule has 1 saturated heterocycles. The number of fused-ring (bicyclic) bond motifs is 1. The predicted molar refractivity (Wildman–Crippen MR) is 211 cm³/mol. The first kappa shape index (κ1) is 45.7. The molecule has 0 saturated carbocycles. The summed E-state index contributed by atoms with van der Waals surface area (Å²) >= 11 is 0. The highest BCUT2D eigenvalue weighted by molar-refractivity contribution is 7.47. The van der Waals surface area contributed by atoms with Crippen molar-refractivity contribution in [3.05, 3.63) is 53.7 Å². The van der Waals surface area contributed by atoms with Gasteiger partial charge >= 0.3 is 7.82 Å². The number of rotatable bonds is 29. The summed E-state index contributed by atoms with van der Waals surface area (Å²) in [5.41, 5.74) is 3.77. The fourth-order valence-electron chi connectivity index (χ4n) is 6.91. The van der Waals surface area contributed by atoms with Gasteiger partial charge in [0.25, 0.3) is 0 Å². The second kappa shape index (κ2) is 23.4. The molecule has 0 spiro atoms. The molecule has 0 aliphatic carbocycles. The Morgan fingerprint density at radius 1 is 0.982 bits per heavy atom. The minimum absolute atomic E-state index is 0.0181. The van der Waals surface area contributed by atoms with Crippen molar-refractivity contribution in [2.45, 2.75) is 147 Å². The standard InChI is InChI=1S/C40H63N6O9P/c1-3-4-5-6-7-8-9-10-11-12-13-14-15-16-17-18-24-51-27-34(52-26-33-21-19-20-32(25-41)45-33)28-54-56(49,50)55-29-39(2)38(47)40(48,30-53-39)36-23-22-35-37(42)43-31-44-46(35)36/h19-23,31,34,38,47-48H,3-18,24,26-30H2,1-2H3,(H,49,50)(H2,42,43,44)/t34-,38-,39-,40?/m1/s1. The Morgan fingerprint density at radius 2 is 1.62 bits per heavy atom. The Balaban J connectivity index is 1.17. The molecule has 56 heavy (non-hydrogen) atoms. The lowest BCUT2D eigenvalue weighted by molar-refractivity contribution is -0.101. The van der Waals surface area contributed by atoms with E-state index in [1.54, 1.807) is 30.3 Å². The molecule has 3 aromatic heterocycles. The maximum atomic E-state index is 13.1. The molecule has 0 aromatic carbocycles. The highest BCUT2D eigenvalue weighted by Crippen LogP contribution is 2.47. The molecule has 4 rings (SSSR count). The fourth-order valence-corrected chi connectivity index (χ4v) is 7.76. The number of hydrogen-bond acceptors (Lipinski definition) is 13. The number of unbranched alkanes of at least 4 members (excludes halogenated alkanes) is 15. The second-order valence-electron chi connectivity index (χ2n) is 15.1. The number of nitrogens with zero attached hydrogens (tertiary/aromatic N) is 5. The lowest BCUT2D eigenvalue weighted by Crippen LogP contribution is -2.49. The Morgan fingerprint density at radius 3 is 2.27 bits per heavy atom. The summed E-state index contributed by atoms with van der Waals surface area (Å²) in [6, 6.07) is 10.1. The molecule has 5 atom stereocenters. The van der Waals surface area contributed by atoms with Gasteiger partial charge in [0.15, 0.2) is 11.4 Å².